The van der Waals surface area contributed by atoms with Gasteiger partial charge in [-0.05, 0) is 24.1 Å². The number of nitrogens with zero attached hydrogens (tertiary/aromatic N) is 1. The Kier molecular flexibility index (Phi) is 3.30. The van der Waals surface area contributed by atoms with Crippen LogP contribution in [0.15, 0.2) is 12.1 Å². The normalized spacial score (nSPS) is 14.3. The molecule has 0 saturated heterocycles. The molecule has 0 atom stereocenters. The molecule has 0 aliphatic carbocycles. The maximum Gasteiger partial charge on any atom is 0.420 e. The summed E-state index contributed by atoms with van der Waals surface area (Å²) >= 11 is 0. The van der Waals surface area contributed by atoms with E-state index >= 15 is 0 Å². The van der Waals surface area contributed by atoms with Crippen molar-refractivity contribution in [1.82, 2.24) is 5.32 Å². The number of hydrogen-bond acceptors (Lipinski definition) is 2. The highest BCUT2D eigenvalue weighted by Crippen LogP contribution is 2.42. The molecule has 0 fully saturated rings. The minimum absolute atomic E-state index is 0.218. The predicted molar refractivity (Wildman–Crippen MR) is 63.5 cm³/mol. The Morgan fingerprint density at radius 2 is 2.11 bits per heavy atom. The van der Waals surface area contributed by atoms with E-state index < -0.39 is 17.8 Å². The average Bonchev–Trinajstić information content (AvgIpc) is 2.78. The molecule has 7 heteroatoms. The van der Waals surface area contributed by atoms with E-state index in [2.05, 4.69) is 5.32 Å². The Hall–Kier alpha value is -1.92. The summed E-state index contributed by atoms with van der Waals surface area (Å²) < 4.78 is 43.5. The molecular formula is C12H13F3N2O2. The molecule has 0 unspecified atom stereocenters. The third kappa shape index (κ3) is 2.32. The van der Waals surface area contributed by atoms with Gasteiger partial charge in [-0.1, -0.05) is 0 Å². The lowest BCUT2D eigenvalue weighted by molar-refractivity contribution is -0.138. The number of anilines is 1. The van der Waals surface area contributed by atoms with Crippen LogP contribution in [0.3, 0.4) is 0 Å². The van der Waals surface area contributed by atoms with Crippen molar-refractivity contribution < 1.29 is 22.7 Å². The molecule has 0 bridgehead atoms. The number of methoxy groups -OCH3 is 1. The lowest BCUT2D eigenvalue weighted by atomic mass is 10.1. The Morgan fingerprint density at radius 1 is 1.42 bits per heavy atom. The van der Waals surface area contributed by atoms with Crippen molar-refractivity contribution in [2.75, 3.05) is 25.6 Å². The zero-order valence-electron chi connectivity index (χ0n) is 10.5. The van der Waals surface area contributed by atoms with E-state index in [4.69, 9.17) is 4.74 Å². The molecule has 0 spiro atoms. The number of fused-ring (bicyclic) bond motifs is 1. The van der Waals surface area contributed by atoms with Gasteiger partial charge >= 0.3 is 12.2 Å². The molecule has 0 saturated carbocycles. The van der Waals surface area contributed by atoms with Crippen LogP contribution in [0.2, 0.25) is 0 Å². The van der Waals surface area contributed by atoms with E-state index in [1.54, 1.807) is 0 Å². The van der Waals surface area contributed by atoms with Gasteiger partial charge in [-0.2, -0.15) is 13.2 Å². The molecule has 2 rings (SSSR count). The molecule has 4 nitrogen and oxygen atoms in total. The van der Waals surface area contributed by atoms with Gasteiger partial charge in [0.15, 0.2) is 0 Å². The van der Waals surface area contributed by atoms with Crippen LogP contribution in [0.4, 0.5) is 23.7 Å². The summed E-state index contributed by atoms with van der Waals surface area (Å²) in [6.07, 6.45) is -4.01. The van der Waals surface area contributed by atoms with Gasteiger partial charge in [-0.3, -0.25) is 4.90 Å². The van der Waals surface area contributed by atoms with E-state index in [1.165, 1.54) is 25.1 Å². The summed E-state index contributed by atoms with van der Waals surface area (Å²) in [4.78, 5) is 12.9. The predicted octanol–water partition coefficient (Wildman–Crippen LogP) is 2.42. The minimum Gasteiger partial charge on any atom is -0.496 e. The first-order chi connectivity index (χ1) is 8.88. The number of halogens is 3. The van der Waals surface area contributed by atoms with E-state index in [-0.39, 0.29) is 11.4 Å². The maximum atomic E-state index is 12.9. The molecule has 1 heterocycles. The van der Waals surface area contributed by atoms with E-state index in [0.29, 0.717) is 18.5 Å². The number of urea groups is 1. The molecular weight excluding hydrogens is 261 g/mol. The van der Waals surface area contributed by atoms with E-state index in [9.17, 15) is 18.0 Å². The highest BCUT2D eigenvalue weighted by Gasteiger charge is 2.37. The number of carbonyl (C=O) groups is 1. The summed E-state index contributed by atoms with van der Waals surface area (Å²) in [5, 5.41) is 2.41. The van der Waals surface area contributed by atoms with E-state index in [0.717, 1.165) is 6.07 Å². The van der Waals surface area contributed by atoms with Gasteiger partial charge in [0.1, 0.15) is 5.75 Å². The van der Waals surface area contributed by atoms with Gasteiger partial charge in [-0.15, -0.1) is 0 Å². The van der Waals surface area contributed by atoms with Gasteiger partial charge in [0.2, 0.25) is 0 Å². The second kappa shape index (κ2) is 4.64. The van der Waals surface area contributed by atoms with Gasteiger partial charge < -0.3 is 10.1 Å². The van der Waals surface area contributed by atoms with Crippen molar-refractivity contribution in [2.24, 2.45) is 0 Å². The monoisotopic (exact) mass is 274 g/mol. The van der Waals surface area contributed by atoms with Crippen LogP contribution < -0.4 is 15.0 Å². The largest absolute Gasteiger partial charge is 0.496 e. The fraction of sp³-hybridized carbons (Fsp3) is 0.417. The Labute approximate surface area is 108 Å². The number of nitrogens with one attached hydrogen (secondary N) is 1. The van der Waals surface area contributed by atoms with Crippen molar-refractivity contribution in [2.45, 2.75) is 12.6 Å². The third-order valence-corrected chi connectivity index (χ3v) is 3.06. The first-order valence-corrected chi connectivity index (χ1v) is 5.66. The van der Waals surface area contributed by atoms with Gasteiger partial charge in [0.05, 0.1) is 12.7 Å². The second-order valence-corrected chi connectivity index (χ2v) is 4.14. The first-order valence-electron chi connectivity index (χ1n) is 5.66. The number of benzene rings is 1. The van der Waals surface area contributed by atoms with E-state index in [1.807, 2.05) is 0 Å². The highest BCUT2D eigenvalue weighted by atomic mass is 19.4. The molecule has 0 aromatic heterocycles. The van der Waals surface area contributed by atoms with Crippen molar-refractivity contribution in [1.29, 1.82) is 0 Å². The molecule has 0 radical (unpaired) electrons. The zero-order chi connectivity index (χ0) is 14.2. The van der Waals surface area contributed by atoms with Crippen molar-refractivity contribution in [3.05, 3.63) is 23.3 Å². The zero-order valence-corrected chi connectivity index (χ0v) is 10.5. The average molecular weight is 274 g/mol. The number of rotatable bonds is 1. The number of ether oxygens (including phenoxy) is 1. The van der Waals surface area contributed by atoms with Crippen LogP contribution >= 0.6 is 0 Å². The maximum absolute atomic E-state index is 12.9. The van der Waals surface area contributed by atoms with Gasteiger partial charge in [0.25, 0.3) is 0 Å². The number of alkyl halides is 3. The minimum atomic E-state index is -4.52. The van der Waals surface area contributed by atoms with Gasteiger partial charge in [-0.25, -0.2) is 4.79 Å². The highest BCUT2D eigenvalue weighted by molar-refractivity contribution is 5.94. The summed E-state index contributed by atoms with van der Waals surface area (Å²) in [5.41, 5.74) is 0.0884. The molecule has 1 aliphatic rings. The fourth-order valence-electron chi connectivity index (χ4n) is 2.15. The SMILES string of the molecule is CNC(=O)N1CCc2cc(OC)c(C(F)(F)F)cc21. The lowest BCUT2D eigenvalue weighted by Crippen LogP contribution is -2.36. The van der Waals surface area contributed by atoms with Crippen LogP contribution in [0, 0.1) is 0 Å². The van der Waals surface area contributed by atoms with Crippen LogP contribution in [-0.4, -0.2) is 26.7 Å². The van der Waals surface area contributed by atoms with Crippen LogP contribution in [0.1, 0.15) is 11.1 Å². The smallest absolute Gasteiger partial charge is 0.420 e. The third-order valence-electron chi connectivity index (χ3n) is 3.06. The molecule has 1 aromatic carbocycles. The summed E-state index contributed by atoms with van der Waals surface area (Å²) in [7, 11) is 2.64. The Bertz CT molecular complexity index is 514. The standard InChI is InChI=1S/C12H13F3N2O2/c1-16-11(18)17-4-3-7-5-10(19-2)8(6-9(7)17)12(13,14)15/h5-6H,3-4H2,1-2H3,(H,16,18). The fourth-order valence-corrected chi connectivity index (χ4v) is 2.15. The summed E-state index contributed by atoms with van der Waals surface area (Å²) in [6.45, 7) is 0.361. The van der Waals surface area contributed by atoms with Gasteiger partial charge in [0, 0.05) is 19.3 Å². The number of hydrogen-bond donors (Lipinski definition) is 1. The van der Waals surface area contributed by atoms with Crippen molar-refractivity contribution in [3.8, 4) is 5.75 Å². The Morgan fingerprint density at radius 3 is 2.63 bits per heavy atom. The molecule has 104 valence electrons. The Balaban J connectivity index is 2.52. The summed E-state index contributed by atoms with van der Waals surface area (Å²) in [6, 6.07) is 1.90. The first kappa shape index (κ1) is 13.5. The lowest BCUT2D eigenvalue weighted by Gasteiger charge is -2.19. The molecule has 2 amide bonds. The topological polar surface area (TPSA) is 41.6 Å². The molecule has 19 heavy (non-hydrogen) atoms. The second-order valence-electron chi connectivity index (χ2n) is 4.14. The van der Waals surface area contributed by atoms with Crippen molar-refractivity contribution in [3.63, 3.8) is 0 Å². The van der Waals surface area contributed by atoms with Crippen LogP contribution in [0.5, 0.6) is 5.75 Å². The number of amides is 2. The quantitative estimate of drug-likeness (QED) is 0.854. The van der Waals surface area contributed by atoms with Crippen molar-refractivity contribution >= 4 is 11.7 Å². The molecule has 1 aliphatic heterocycles. The summed E-state index contributed by atoms with van der Waals surface area (Å²) in [5.74, 6) is -0.218. The number of carbonyl (C=O) groups excluding carboxylic acids is 1. The van der Waals surface area contributed by atoms with Crippen LogP contribution in [-0.2, 0) is 12.6 Å². The van der Waals surface area contributed by atoms with Crippen LogP contribution in [0.25, 0.3) is 0 Å². The molecule has 1 aromatic rings. The molecule has 1 N–H and O–H groups in total.